The number of carbonyl (C=O) groups is 1. The largest absolute Gasteiger partial charge is 0.361 e. The maximum Gasteiger partial charge on any atom is 0.227 e. The molecular weight excluding hydrogens is 462 g/mol. The van der Waals surface area contributed by atoms with E-state index in [0.717, 1.165) is 0 Å². The van der Waals surface area contributed by atoms with Crippen LogP contribution in [0.4, 0.5) is 20.3 Å². The van der Waals surface area contributed by atoms with E-state index in [9.17, 15) is 9.18 Å². The summed E-state index contributed by atoms with van der Waals surface area (Å²) in [5.41, 5.74) is 3.03. The zero-order valence-corrected chi connectivity index (χ0v) is 19.2. The molecule has 3 heterocycles. The molecule has 4 aromatic rings. The molecule has 0 spiro atoms. The molecule has 1 amide bonds. The summed E-state index contributed by atoms with van der Waals surface area (Å²) in [5.74, 6) is -0.784. The number of aromatic nitrogens is 4. The van der Waals surface area contributed by atoms with E-state index in [1.54, 1.807) is 30.9 Å². The quantitative estimate of drug-likeness (QED) is 0.389. The standard InChI is InChI=1S/C24H21ClF2N6O/c1-12-19(25)20(27)17(13(2)32-24-21-23(29-10-28-21)30-11-31-24)18(14-5-3-6-15(26)9-14)22(12)33-8-4-7-16(33)34/h3,5-6,9-11,13H,4,7-8H2,1-2H3,(H2,28,29,30,31,32). The third kappa shape index (κ3) is 3.66. The van der Waals surface area contributed by atoms with Crippen LogP contribution in [0.2, 0.25) is 5.02 Å². The van der Waals surface area contributed by atoms with Crippen molar-refractivity contribution in [1.82, 2.24) is 19.9 Å². The van der Waals surface area contributed by atoms with Crippen molar-refractivity contribution in [2.75, 3.05) is 16.8 Å². The highest BCUT2D eigenvalue weighted by atomic mass is 35.5. The van der Waals surface area contributed by atoms with Crippen LogP contribution in [0, 0.1) is 18.6 Å². The van der Waals surface area contributed by atoms with Gasteiger partial charge < -0.3 is 15.2 Å². The van der Waals surface area contributed by atoms with Crippen LogP contribution >= 0.6 is 11.6 Å². The molecule has 0 saturated carbocycles. The predicted molar refractivity (Wildman–Crippen MR) is 127 cm³/mol. The van der Waals surface area contributed by atoms with Crippen LogP contribution in [0.5, 0.6) is 0 Å². The molecule has 0 bridgehead atoms. The molecule has 5 rings (SSSR count). The normalized spacial score (nSPS) is 14.7. The Hall–Kier alpha value is -3.59. The number of aromatic amines is 1. The van der Waals surface area contributed by atoms with E-state index in [1.807, 2.05) is 0 Å². The van der Waals surface area contributed by atoms with Crippen molar-refractivity contribution in [3.05, 3.63) is 64.7 Å². The van der Waals surface area contributed by atoms with Gasteiger partial charge in [-0.15, -0.1) is 0 Å². The second kappa shape index (κ2) is 8.64. The van der Waals surface area contributed by atoms with Crippen LogP contribution in [-0.4, -0.2) is 32.4 Å². The Kier molecular flexibility index (Phi) is 5.65. The number of H-pyrrole nitrogens is 1. The fourth-order valence-electron chi connectivity index (χ4n) is 4.52. The number of amides is 1. The first-order valence-electron chi connectivity index (χ1n) is 10.8. The van der Waals surface area contributed by atoms with Gasteiger partial charge in [-0.1, -0.05) is 23.7 Å². The predicted octanol–water partition coefficient (Wildman–Crippen LogP) is 5.56. The Balaban J connectivity index is 1.74. The number of benzene rings is 2. The number of nitrogens with one attached hydrogen (secondary N) is 2. The first-order chi connectivity index (χ1) is 16.4. The summed E-state index contributed by atoms with van der Waals surface area (Å²) < 4.78 is 30.1. The van der Waals surface area contributed by atoms with Gasteiger partial charge in [-0.2, -0.15) is 0 Å². The maximum absolute atomic E-state index is 15.9. The van der Waals surface area contributed by atoms with Crippen molar-refractivity contribution in [1.29, 1.82) is 0 Å². The van der Waals surface area contributed by atoms with Crippen molar-refractivity contribution < 1.29 is 13.6 Å². The SMILES string of the molecule is Cc1c(Cl)c(F)c(C(C)Nc2ncnc3[nH]cnc23)c(-c2cccc(F)c2)c1N1CCCC1=O. The van der Waals surface area contributed by atoms with Gasteiger partial charge in [0.2, 0.25) is 5.91 Å². The molecule has 2 aromatic heterocycles. The van der Waals surface area contributed by atoms with Crippen molar-refractivity contribution in [2.45, 2.75) is 32.7 Å². The van der Waals surface area contributed by atoms with E-state index >= 15 is 4.39 Å². The molecule has 7 nitrogen and oxygen atoms in total. The average molecular weight is 483 g/mol. The Morgan fingerprint density at radius 3 is 2.79 bits per heavy atom. The second-order valence-electron chi connectivity index (χ2n) is 8.24. The zero-order valence-electron chi connectivity index (χ0n) is 18.5. The van der Waals surface area contributed by atoms with Gasteiger partial charge >= 0.3 is 0 Å². The molecule has 1 aliphatic rings. The third-order valence-electron chi connectivity index (χ3n) is 6.08. The number of rotatable bonds is 5. The van der Waals surface area contributed by atoms with Crippen LogP contribution in [0.3, 0.4) is 0 Å². The van der Waals surface area contributed by atoms with Crippen LogP contribution < -0.4 is 10.2 Å². The first kappa shape index (κ1) is 22.2. The van der Waals surface area contributed by atoms with Crippen molar-refractivity contribution in [3.63, 3.8) is 0 Å². The minimum atomic E-state index is -0.664. The number of fused-ring (bicyclic) bond motifs is 1. The Morgan fingerprint density at radius 2 is 2.06 bits per heavy atom. The highest BCUT2D eigenvalue weighted by molar-refractivity contribution is 6.32. The molecule has 2 aromatic carbocycles. The Labute approximate surface area is 199 Å². The number of nitrogens with zero attached hydrogens (tertiary/aromatic N) is 4. The number of hydrogen-bond acceptors (Lipinski definition) is 5. The zero-order chi connectivity index (χ0) is 24.0. The number of anilines is 2. The van der Waals surface area contributed by atoms with E-state index in [4.69, 9.17) is 11.6 Å². The molecule has 1 aliphatic heterocycles. The van der Waals surface area contributed by atoms with Gasteiger partial charge in [0.05, 0.1) is 23.1 Å². The van der Waals surface area contributed by atoms with Gasteiger partial charge in [-0.3, -0.25) is 4.79 Å². The molecule has 1 saturated heterocycles. The van der Waals surface area contributed by atoms with E-state index in [-0.39, 0.29) is 16.5 Å². The average Bonchev–Trinajstić information content (AvgIpc) is 3.47. The van der Waals surface area contributed by atoms with Gasteiger partial charge in [0, 0.05) is 24.1 Å². The Bertz CT molecular complexity index is 1420. The summed E-state index contributed by atoms with van der Waals surface area (Å²) >= 11 is 6.47. The maximum atomic E-state index is 15.9. The first-order valence-corrected chi connectivity index (χ1v) is 11.2. The van der Waals surface area contributed by atoms with Crippen LogP contribution in [0.1, 0.15) is 36.9 Å². The molecule has 1 atom stereocenters. The van der Waals surface area contributed by atoms with Crippen LogP contribution in [0.15, 0.2) is 36.9 Å². The lowest BCUT2D eigenvalue weighted by Crippen LogP contribution is -2.27. The van der Waals surface area contributed by atoms with Crippen molar-refractivity contribution in [2.24, 2.45) is 0 Å². The number of carbonyl (C=O) groups excluding carboxylic acids is 1. The molecule has 10 heteroatoms. The molecule has 0 aliphatic carbocycles. The third-order valence-corrected chi connectivity index (χ3v) is 6.53. The van der Waals surface area contributed by atoms with E-state index < -0.39 is 17.7 Å². The fourth-order valence-corrected chi connectivity index (χ4v) is 4.72. The van der Waals surface area contributed by atoms with Gasteiger partial charge in [-0.25, -0.2) is 23.7 Å². The topological polar surface area (TPSA) is 86.8 Å². The van der Waals surface area contributed by atoms with Gasteiger partial charge in [0.25, 0.3) is 0 Å². The molecular formula is C24H21ClF2N6O. The minimum Gasteiger partial charge on any atom is -0.361 e. The van der Waals surface area contributed by atoms with Crippen LogP contribution in [-0.2, 0) is 4.79 Å². The van der Waals surface area contributed by atoms with Crippen molar-refractivity contribution in [3.8, 4) is 11.1 Å². The Morgan fingerprint density at radius 1 is 1.24 bits per heavy atom. The minimum absolute atomic E-state index is 0.0777. The number of hydrogen-bond donors (Lipinski definition) is 2. The molecule has 2 N–H and O–H groups in total. The lowest BCUT2D eigenvalue weighted by molar-refractivity contribution is -0.117. The molecule has 174 valence electrons. The van der Waals surface area contributed by atoms with Gasteiger partial charge in [-0.05, 0) is 43.5 Å². The van der Waals surface area contributed by atoms with Crippen molar-refractivity contribution >= 4 is 40.2 Å². The number of imidazole rings is 1. The van der Waals surface area contributed by atoms with Crippen LogP contribution in [0.25, 0.3) is 22.3 Å². The van der Waals surface area contributed by atoms with E-state index in [2.05, 4.69) is 25.3 Å². The molecule has 1 fully saturated rings. The molecule has 34 heavy (non-hydrogen) atoms. The number of halogens is 3. The lowest BCUT2D eigenvalue weighted by Gasteiger charge is -2.29. The fraction of sp³-hybridized carbons (Fsp3) is 0.250. The van der Waals surface area contributed by atoms with E-state index in [1.165, 1.54) is 24.8 Å². The summed E-state index contributed by atoms with van der Waals surface area (Å²) in [5, 5.41) is 3.12. The summed E-state index contributed by atoms with van der Waals surface area (Å²) in [7, 11) is 0. The highest BCUT2D eigenvalue weighted by Crippen LogP contribution is 2.46. The van der Waals surface area contributed by atoms with E-state index in [0.29, 0.717) is 58.7 Å². The summed E-state index contributed by atoms with van der Waals surface area (Å²) in [6, 6.07) is 5.24. The summed E-state index contributed by atoms with van der Waals surface area (Å²) in [6.07, 6.45) is 3.93. The van der Waals surface area contributed by atoms with Gasteiger partial charge in [0.1, 0.15) is 23.5 Å². The lowest BCUT2D eigenvalue weighted by atomic mass is 9.90. The molecule has 0 radical (unpaired) electrons. The highest BCUT2D eigenvalue weighted by Gasteiger charge is 2.32. The monoisotopic (exact) mass is 482 g/mol. The second-order valence-corrected chi connectivity index (χ2v) is 8.62. The smallest absolute Gasteiger partial charge is 0.227 e. The van der Waals surface area contributed by atoms with Gasteiger partial charge in [0.15, 0.2) is 11.5 Å². The molecule has 1 unspecified atom stereocenters. The summed E-state index contributed by atoms with van der Waals surface area (Å²) in [6.45, 7) is 3.91. The summed E-state index contributed by atoms with van der Waals surface area (Å²) in [4.78, 5) is 29.9.